The van der Waals surface area contributed by atoms with Crippen LogP contribution in [0.1, 0.15) is 36.0 Å². The van der Waals surface area contributed by atoms with Gasteiger partial charge in [-0.15, -0.1) is 11.3 Å². The van der Waals surface area contributed by atoms with Crippen molar-refractivity contribution in [1.29, 1.82) is 0 Å². The van der Waals surface area contributed by atoms with Gasteiger partial charge >= 0.3 is 5.97 Å². The van der Waals surface area contributed by atoms with Gasteiger partial charge in [0.2, 0.25) is 0 Å². The lowest BCUT2D eigenvalue weighted by atomic mass is 10.1. The molecule has 2 N–H and O–H groups in total. The Labute approximate surface area is 268 Å². The lowest BCUT2D eigenvalue weighted by molar-refractivity contribution is 0.0739. The van der Waals surface area contributed by atoms with Crippen LogP contribution in [-0.4, -0.2) is 31.1 Å². The maximum Gasteiger partial charge on any atom is 0.355 e. The average molecular weight is 697 g/mol. The molecule has 2 amide bonds. The van der Waals surface area contributed by atoms with Crippen LogP contribution in [0.2, 0.25) is 10.0 Å². The van der Waals surface area contributed by atoms with Crippen LogP contribution in [0.25, 0.3) is 10.1 Å². The minimum Gasteiger partial charge on any atom is -0.497 e. The summed E-state index contributed by atoms with van der Waals surface area (Å²) in [5, 5.41) is 8.33. The van der Waals surface area contributed by atoms with Crippen LogP contribution >= 0.6 is 50.5 Å². The molecule has 0 fully saturated rings. The van der Waals surface area contributed by atoms with Gasteiger partial charge in [-0.2, -0.15) is 5.10 Å². The van der Waals surface area contributed by atoms with Crippen LogP contribution in [-0.2, 0) is 0 Å². The molecule has 0 radical (unpaired) electrons. The number of benzene rings is 4. The third kappa shape index (κ3) is 7.23. The Morgan fingerprint density at radius 2 is 1.58 bits per heavy atom. The van der Waals surface area contributed by atoms with Crippen molar-refractivity contribution in [2.75, 3.05) is 12.4 Å². The quantitative estimate of drug-likeness (QED) is 0.0736. The third-order valence-electron chi connectivity index (χ3n) is 6.08. The van der Waals surface area contributed by atoms with Crippen LogP contribution in [0, 0.1) is 0 Å². The smallest absolute Gasteiger partial charge is 0.355 e. The SMILES string of the molecule is COc1ccc(C(=O)Nc2ccc(C(=O)N/N=C\c3cc(Br)ccc3OC(=O)c3sc4cc(Cl)ccc4c3Cl)cc2)cc1. The summed E-state index contributed by atoms with van der Waals surface area (Å²) in [6.07, 6.45) is 1.36. The topological polar surface area (TPSA) is 106 Å². The third-order valence-corrected chi connectivity index (χ3v) is 8.44. The number of anilines is 1. The molecule has 0 saturated carbocycles. The van der Waals surface area contributed by atoms with Crippen molar-refractivity contribution >= 4 is 90.2 Å². The summed E-state index contributed by atoms with van der Waals surface area (Å²) in [7, 11) is 1.55. The molecule has 8 nitrogen and oxygen atoms in total. The molecule has 1 aromatic heterocycles. The molecule has 1 heterocycles. The number of nitrogens with one attached hydrogen (secondary N) is 2. The summed E-state index contributed by atoms with van der Waals surface area (Å²) in [5.74, 6) is -0.547. The van der Waals surface area contributed by atoms with Crippen molar-refractivity contribution in [2.45, 2.75) is 0 Å². The van der Waals surface area contributed by atoms with Gasteiger partial charge in [-0.3, -0.25) is 9.59 Å². The van der Waals surface area contributed by atoms with E-state index in [4.69, 9.17) is 32.7 Å². The lowest BCUT2D eigenvalue weighted by Crippen LogP contribution is -2.18. The van der Waals surface area contributed by atoms with E-state index < -0.39 is 11.9 Å². The number of carbonyl (C=O) groups excluding carboxylic acids is 3. The monoisotopic (exact) mass is 695 g/mol. The van der Waals surface area contributed by atoms with E-state index in [-0.39, 0.29) is 21.6 Å². The highest BCUT2D eigenvalue weighted by Gasteiger charge is 2.20. The summed E-state index contributed by atoms with van der Waals surface area (Å²) in [4.78, 5) is 38.4. The molecule has 216 valence electrons. The standard InChI is InChI=1S/C31H20BrCl2N3O5S/c1-41-23-10-4-17(5-11-23)29(38)36-22-8-2-18(3-9-22)30(39)37-35-16-19-14-20(32)6-13-25(19)42-31(40)28-27(34)24-12-7-21(33)15-26(24)43-28/h2-16H,1H3,(H,36,38)(H,37,39)/b35-16-. The van der Waals surface area contributed by atoms with Crippen LogP contribution < -0.4 is 20.2 Å². The molecular formula is C31H20BrCl2N3O5S. The summed E-state index contributed by atoms with van der Waals surface area (Å²) in [5.41, 5.74) is 4.18. The molecule has 0 aliphatic heterocycles. The van der Waals surface area contributed by atoms with Crippen molar-refractivity contribution in [2.24, 2.45) is 5.10 Å². The summed E-state index contributed by atoms with van der Waals surface area (Å²) in [6.45, 7) is 0. The highest BCUT2D eigenvalue weighted by Crippen LogP contribution is 2.37. The minimum atomic E-state index is -0.637. The van der Waals surface area contributed by atoms with E-state index in [0.717, 1.165) is 4.70 Å². The van der Waals surface area contributed by atoms with Gasteiger partial charge in [-0.25, -0.2) is 10.2 Å². The predicted octanol–water partition coefficient (Wildman–Crippen LogP) is 8.21. The van der Waals surface area contributed by atoms with E-state index in [1.807, 2.05) is 0 Å². The number of carbonyl (C=O) groups is 3. The zero-order chi connectivity index (χ0) is 30.5. The molecule has 43 heavy (non-hydrogen) atoms. The van der Waals surface area contributed by atoms with Crippen molar-refractivity contribution < 1.29 is 23.9 Å². The highest BCUT2D eigenvalue weighted by atomic mass is 79.9. The summed E-state index contributed by atoms with van der Waals surface area (Å²) in [6, 6.07) is 23.2. The molecule has 5 rings (SSSR count). The Balaban J connectivity index is 1.23. The van der Waals surface area contributed by atoms with E-state index in [1.165, 1.54) is 17.6 Å². The number of fused-ring (bicyclic) bond motifs is 1. The summed E-state index contributed by atoms with van der Waals surface area (Å²) < 4.78 is 12.2. The van der Waals surface area contributed by atoms with Crippen LogP contribution in [0.3, 0.4) is 0 Å². The number of esters is 1. The first-order valence-electron chi connectivity index (χ1n) is 12.5. The second-order valence-electron chi connectivity index (χ2n) is 8.92. The molecule has 12 heteroatoms. The maximum absolute atomic E-state index is 13.0. The molecule has 0 aliphatic carbocycles. The molecule has 0 saturated heterocycles. The predicted molar refractivity (Wildman–Crippen MR) is 173 cm³/mol. The number of hydrogen-bond donors (Lipinski definition) is 2. The van der Waals surface area contributed by atoms with Crippen molar-refractivity contribution in [1.82, 2.24) is 5.43 Å². The Hall–Kier alpha value is -4.22. The zero-order valence-electron chi connectivity index (χ0n) is 22.2. The number of halogens is 3. The van der Waals surface area contributed by atoms with E-state index >= 15 is 0 Å². The fourth-order valence-electron chi connectivity index (χ4n) is 3.91. The van der Waals surface area contributed by atoms with E-state index in [9.17, 15) is 14.4 Å². The second-order valence-corrected chi connectivity index (χ2v) is 11.7. The van der Waals surface area contributed by atoms with Gasteiger partial charge in [0, 0.05) is 42.0 Å². The molecule has 0 bridgehead atoms. The van der Waals surface area contributed by atoms with Gasteiger partial charge in [-0.1, -0.05) is 45.2 Å². The van der Waals surface area contributed by atoms with Crippen molar-refractivity contribution in [3.63, 3.8) is 0 Å². The minimum absolute atomic E-state index is 0.217. The van der Waals surface area contributed by atoms with Gasteiger partial charge in [0.05, 0.1) is 18.3 Å². The van der Waals surface area contributed by atoms with Gasteiger partial charge in [0.25, 0.3) is 11.8 Å². The first-order chi connectivity index (χ1) is 20.7. The van der Waals surface area contributed by atoms with Gasteiger partial charge in [0.15, 0.2) is 0 Å². The fraction of sp³-hybridized carbons (Fsp3) is 0.0323. The van der Waals surface area contributed by atoms with E-state index in [0.29, 0.717) is 43.0 Å². The summed E-state index contributed by atoms with van der Waals surface area (Å²) >= 11 is 17.1. The number of amides is 2. The Morgan fingerprint density at radius 1 is 0.884 bits per heavy atom. The van der Waals surface area contributed by atoms with Gasteiger partial charge in [0.1, 0.15) is 16.4 Å². The van der Waals surface area contributed by atoms with Gasteiger partial charge < -0.3 is 14.8 Å². The lowest BCUT2D eigenvalue weighted by Gasteiger charge is -2.08. The number of hydrazone groups is 1. The Kier molecular flexibility index (Phi) is 9.42. The number of rotatable bonds is 8. The van der Waals surface area contributed by atoms with E-state index in [2.05, 4.69) is 31.8 Å². The number of hydrogen-bond acceptors (Lipinski definition) is 7. The molecular weight excluding hydrogens is 677 g/mol. The highest BCUT2D eigenvalue weighted by molar-refractivity contribution is 9.10. The zero-order valence-corrected chi connectivity index (χ0v) is 26.1. The molecule has 0 aliphatic rings. The first-order valence-corrected chi connectivity index (χ1v) is 14.9. The largest absolute Gasteiger partial charge is 0.497 e. The van der Waals surface area contributed by atoms with E-state index in [1.54, 1.807) is 92.0 Å². The molecule has 0 unspecified atom stereocenters. The number of methoxy groups -OCH3 is 1. The number of thiophene rings is 1. The Bertz CT molecular complexity index is 1880. The Morgan fingerprint density at radius 3 is 2.30 bits per heavy atom. The molecule has 4 aromatic carbocycles. The fourth-order valence-corrected chi connectivity index (χ4v) is 5.94. The number of ether oxygens (including phenoxy) is 2. The van der Waals surface area contributed by atoms with Gasteiger partial charge in [-0.05, 0) is 78.9 Å². The van der Waals surface area contributed by atoms with Crippen LogP contribution in [0.4, 0.5) is 5.69 Å². The van der Waals surface area contributed by atoms with Crippen LogP contribution in [0.5, 0.6) is 11.5 Å². The molecule has 5 aromatic rings. The maximum atomic E-state index is 13.0. The van der Waals surface area contributed by atoms with Crippen molar-refractivity contribution in [3.8, 4) is 11.5 Å². The second kappa shape index (κ2) is 13.4. The molecule has 0 spiro atoms. The number of nitrogens with zero attached hydrogens (tertiary/aromatic N) is 1. The normalized spacial score (nSPS) is 11.0. The van der Waals surface area contributed by atoms with Crippen LogP contribution in [0.15, 0.2) is 94.5 Å². The van der Waals surface area contributed by atoms with Crippen molar-refractivity contribution in [3.05, 3.63) is 121 Å². The first kappa shape index (κ1) is 30.2. The average Bonchev–Trinajstić information content (AvgIpc) is 3.33. The molecule has 0 atom stereocenters.